The van der Waals surface area contributed by atoms with Crippen LogP contribution in [0.4, 0.5) is 5.69 Å². The van der Waals surface area contributed by atoms with Gasteiger partial charge in [0.2, 0.25) is 5.91 Å². The molecule has 0 radical (unpaired) electrons. The SMILES string of the molecule is CC(C)c1nc(CS(=O)CC(=O)N(C)c2ccccc2)cs1. The summed E-state index contributed by atoms with van der Waals surface area (Å²) in [6.07, 6.45) is 0. The average molecular weight is 336 g/mol. The van der Waals surface area contributed by atoms with Gasteiger partial charge in [-0.25, -0.2) is 4.98 Å². The summed E-state index contributed by atoms with van der Waals surface area (Å²) in [5.74, 6) is 0.569. The summed E-state index contributed by atoms with van der Waals surface area (Å²) >= 11 is 1.58. The molecule has 0 aliphatic heterocycles. The Hall–Kier alpha value is -1.53. The molecule has 0 N–H and O–H groups in total. The second-order valence-corrected chi connectivity index (χ2v) is 7.70. The summed E-state index contributed by atoms with van der Waals surface area (Å²) in [4.78, 5) is 18.2. The summed E-state index contributed by atoms with van der Waals surface area (Å²) in [7, 11) is 0.461. The van der Waals surface area contributed by atoms with Gasteiger partial charge >= 0.3 is 0 Å². The Morgan fingerprint density at radius 2 is 2.00 bits per heavy atom. The van der Waals surface area contributed by atoms with Crippen molar-refractivity contribution < 1.29 is 9.00 Å². The molecule has 1 aromatic heterocycles. The van der Waals surface area contributed by atoms with E-state index in [4.69, 9.17) is 0 Å². The van der Waals surface area contributed by atoms with E-state index in [0.717, 1.165) is 16.4 Å². The molecule has 1 amide bonds. The number of hydrogen-bond acceptors (Lipinski definition) is 4. The second-order valence-electron chi connectivity index (χ2n) is 5.35. The number of amides is 1. The van der Waals surface area contributed by atoms with Gasteiger partial charge in [0.15, 0.2) is 0 Å². The third kappa shape index (κ3) is 4.48. The zero-order valence-electron chi connectivity index (χ0n) is 13.0. The van der Waals surface area contributed by atoms with Crippen LogP contribution in [0.3, 0.4) is 0 Å². The minimum atomic E-state index is -1.24. The Morgan fingerprint density at radius 3 is 2.59 bits per heavy atom. The van der Waals surface area contributed by atoms with E-state index in [9.17, 15) is 9.00 Å². The molecule has 2 rings (SSSR count). The Balaban J connectivity index is 1.92. The first-order chi connectivity index (χ1) is 10.5. The average Bonchev–Trinajstić information content (AvgIpc) is 2.95. The van der Waals surface area contributed by atoms with Gasteiger partial charge in [-0.05, 0) is 12.1 Å². The molecule has 1 atom stereocenters. The topological polar surface area (TPSA) is 50.3 Å². The molecule has 6 heteroatoms. The Kier molecular flexibility index (Phi) is 5.85. The minimum absolute atomic E-state index is 0.0138. The third-order valence-corrected chi connectivity index (χ3v) is 5.56. The number of hydrogen-bond donors (Lipinski definition) is 0. The van der Waals surface area contributed by atoms with Gasteiger partial charge in [0, 0.05) is 34.8 Å². The fraction of sp³-hybridized carbons (Fsp3) is 0.375. The first kappa shape index (κ1) is 16.8. The van der Waals surface area contributed by atoms with Crippen molar-refractivity contribution >= 4 is 33.7 Å². The van der Waals surface area contributed by atoms with Gasteiger partial charge in [-0.15, -0.1) is 11.3 Å². The van der Waals surface area contributed by atoms with Crippen molar-refractivity contribution in [3.05, 3.63) is 46.4 Å². The molecule has 0 aliphatic rings. The molecular weight excluding hydrogens is 316 g/mol. The van der Waals surface area contributed by atoms with Crippen molar-refractivity contribution in [3.8, 4) is 0 Å². The lowest BCUT2D eigenvalue weighted by Crippen LogP contribution is -2.31. The van der Waals surface area contributed by atoms with Crippen LogP contribution in [0, 0.1) is 0 Å². The normalized spacial score (nSPS) is 12.4. The van der Waals surface area contributed by atoms with E-state index in [1.165, 1.54) is 0 Å². The first-order valence-corrected chi connectivity index (χ1v) is 9.45. The molecule has 0 saturated heterocycles. The van der Waals surface area contributed by atoms with Crippen LogP contribution in [-0.4, -0.2) is 27.9 Å². The molecule has 4 nitrogen and oxygen atoms in total. The lowest BCUT2D eigenvalue weighted by molar-refractivity contribution is -0.115. The highest BCUT2D eigenvalue weighted by Crippen LogP contribution is 2.20. The van der Waals surface area contributed by atoms with Crippen LogP contribution in [0.15, 0.2) is 35.7 Å². The van der Waals surface area contributed by atoms with Crippen molar-refractivity contribution in [1.82, 2.24) is 4.98 Å². The molecular formula is C16H20N2O2S2. The monoisotopic (exact) mass is 336 g/mol. The number of para-hydroxylation sites is 1. The summed E-state index contributed by atoms with van der Waals surface area (Å²) in [5.41, 5.74) is 1.61. The zero-order chi connectivity index (χ0) is 16.1. The number of aromatic nitrogens is 1. The van der Waals surface area contributed by atoms with Gasteiger partial charge in [-0.2, -0.15) is 0 Å². The largest absolute Gasteiger partial charge is 0.315 e. The van der Waals surface area contributed by atoms with Crippen molar-refractivity contribution in [2.24, 2.45) is 0 Å². The summed E-state index contributed by atoms with van der Waals surface area (Å²) in [6.45, 7) is 4.16. The highest BCUT2D eigenvalue weighted by molar-refractivity contribution is 7.84. The van der Waals surface area contributed by atoms with Crippen LogP contribution in [0.2, 0.25) is 0 Å². The van der Waals surface area contributed by atoms with Gasteiger partial charge in [-0.3, -0.25) is 9.00 Å². The maximum atomic E-state index is 12.2. The predicted molar refractivity (Wildman–Crippen MR) is 92.8 cm³/mol. The Labute approximate surface area is 137 Å². The summed E-state index contributed by atoms with van der Waals surface area (Å²) in [5, 5.41) is 2.97. The number of carbonyl (C=O) groups excluding carboxylic acids is 1. The third-order valence-electron chi connectivity index (χ3n) is 3.17. The van der Waals surface area contributed by atoms with Crippen LogP contribution in [-0.2, 0) is 21.3 Å². The molecule has 1 aromatic carbocycles. The zero-order valence-corrected chi connectivity index (χ0v) is 14.6. The molecule has 1 heterocycles. The fourth-order valence-electron chi connectivity index (χ4n) is 1.90. The first-order valence-electron chi connectivity index (χ1n) is 7.08. The number of carbonyl (C=O) groups is 1. The summed E-state index contributed by atoms with van der Waals surface area (Å²) in [6, 6.07) is 9.36. The number of rotatable bonds is 6. The van der Waals surface area contributed by atoms with E-state index in [1.807, 2.05) is 35.7 Å². The van der Waals surface area contributed by atoms with Crippen LogP contribution >= 0.6 is 11.3 Å². The van der Waals surface area contributed by atoms with Crippen molar-refractivity contribution in [2.45, 2.75) is 25.5 Å². The van der Waals surface area contributed by atoms with E-state index in [-0.39, 0.29) is 11.7 Å². The van der Waals surface area contributed by atoms with Gasteiger partial charge in [0.25, 0.3) is 0 Å². The van der Waals surface area contributed by atoms with Crippen molar-refractivity contribution in [2.75, 3.05) is 17.7 Å². The lowest BCUT2D eigenvalue weighted by atomic mass is 10.2. The van der Waals surface area contributed by atoms with E-state index in [0.29, 0.717) is 11.7 Å². The van der Waals surface area contributed by atoms with Crippen molar-refractivity contribution in [1.29, 1.82) is 0 Å². The van der Waals surface area contributed by atoms with Gasteiger partial charge in [0.05, 0.1) is 16.5 Å². The van der Waals surface area contributed by atoms with Crippen LogP contribution in [0.1, 0.15) is 30.5 Å². The molecule has 0 saturated carbocycles. The van der Waals surface area contributed by atoms with Gasteiger partial charge in [0.1, 0.15) is 5.75 Å². The Bertz CT molecular complexity index is 653. The molecule has 118 valence electrons. The highest BCUT2D eigenvalue weighted by atomic mass is 32.2. The maximum absolute atomic E-state index is 12.2. The molecule has 0 bridgehead atoms. The van der Waals surface area contributed by atoms with Crippen LogP contribution in [0.5, 0.6) is 0 Å². The molecule has 0 fully saturated rings. The number of nitrogens with zero attached hydrogens (tertiary/aromatic N) is 2. The number of anilines is 1. The molecule has 1 unspecified atom stereocenters. The lowest BCUT2D eigenvalue weighted by Gasteiger charge is -2.16. The number of thiazole rings is 1. The molecule has 0 spiro atoms. The fourth-order valence-corrected chi connectivity index (χ4v) is 3.89. The highest BCUT2D eigenvalue weighted by Gasteiger charge is 2.16. The van der Waals surface area contributed by atoms with E-state index < -0.39 is 10.8 Å². The molecule has 0 aliphatic carbocycles. The molecule has 22 heavy (non-hydrogen) atoms. The maximum Gasteiger partial charge on any atom is 0.239 e. The van der Waals surface area contributed by atoms with E-state index in [2.05, 4.69) is 18.8 Å². The number of benzene rings is 1. The quantitative estimate of drug-likeness (QED) is 0.814. The van der Waals surface area contributed by atoms with Crippen LogP contribution in [0.25, 0.3) is 0 Å². The van der Waals surface area contributed by atoms with E-state index >= 15 is 0 Å². The van der Waals surface area contributed by atoms with E-state index in [1.54, 1.807) is 23.3 Å². The Morgan fingerprint density at radius 1 is 1.32 bits per heavy atom. The van der Waals surface area contributed by atoms with Gasteiger partial charge in [-0.1, -0.05) is 32.0 Å². The predicted octanol–water partition coefficient (Wildman–Crippen LogP) is 3.18. The second kappa shape index (κ2) is 7.65. The van der Waals surface area contributed by atoms with Crippen molar-refractivity contribution in [3.63, 3.8) is 0 Å². The van der Waals surface area contributed by atoms with Crippen LogP contribution < -0.4 is 4.90 Å². The standard InChI is InChI=1S/C16H20N2O2S2/c1-12(2)16-17-13(9-21-16)10-22(20)11-15(19)18(3)14-7-5-4-6-8-14/h4-9,12H,10-11H2,1-3H3. The van der Waals surface area contributed by atoms with Gasteiger partial charge < -0.3 is 4.90 Å². The summed E-state index contributed by atoms with van der Waals surface area (Å²) < 4.78 is 12.2. The molecule has 2 aromatic rings. The smallest absolute Gasteiger partial charge is 0.239 e. The minimum Gasteiger partial charge on any atom is -0.315 e.